The highest BCUT2D eigenvalue weighted by atomic mass is 32.1. The summed E-state index contributed by atoms with van der Waals surface area (Å²) in [6.45, 7) is 1.90. The van der Waals surface area contributed by atoms with E-state index in [2.05, 4.69) is 0 Å². The van der Waals surface area contributed by atoms with Crippen molar-refractivity contribution >= 4 is 28.8 Å². The zero-order chi connectivity index (χ0) is 12.8. The molecule has 0 radical (unpaired) electrons. The molecule has 1 heterocycles. The minimum Gasteiger partial charge on any atom is -0.506 e. The van der Waals surface area contributed by atoms with Crippen LogP contribution in [0.3, 0.4) is 0 Å². The second-order valence-corrected chi connectivity index (χ2v) is 4.64. The first-order valence-corrected chi connectivity index (χ1v) is 6.08. The molecule has 5 heteroatoms. The first-order chi connectivity index (χ1) is 7.99. The highest BCUT2D eigenvalue weighted by Gasteiger charge is 2.06. The number of ketones is 1. The number of aliphatic hydroxyl groups is 1. The van der Waals surface area contributed by atoms with E-state index in [1.165, 1.54) is 11.3 Å². The number of hydrogen-bond acceptors (Lipinski definition) is 4. The molecular weight excluding hydrogens is 240 g/mol. The van der Waals surface area contributed by atoms with Gasteiger partial charge in [0.2, 0.25) is 0 Å². The standard InChI is InChI=1S/C12H14O4S/c1-8-5-11(17-7-8)10(14)6-9(13)3-2-4-12(15)16/h5-7,14H,2-4H2,1H3,(H,15,16). The molecule has 0 saturated heterocycles. The molecule has 1 rings (SSSR count). The van der Waals surface area contributed by atoms with Crippen molar-refractivity contribution in [2.45, 2.75) is 26.2 Å². The molecule has 4 nitrogen and oxygen atoms in total. The summed E-state index contributed by atoms with van der Waals surface area (Å²) in [6.07, 6.45) is 1.56. The highest BCUT2D eigenvalue weighted by Crippen LogP contribution is 2.20. The lowest BCUT2D eigenvalue weighted by atomic mass is 10.1. The van der Waals surface area contributed by atoms with Crippen LogP contribution >= 0.6 is 11.3 Å². The van der Waals surface area contributed by atoms with Crippen molar-refractivity contribution < 1.29 is 19.8 Å². The Bertz CT molecular complexity index is 445. The van der Waals surface area contributed by atoms with Gasteiger partial charge in [0.05, 0.1) is 4.88 Å². The highest BCUT2D eigenvalue weighted by molar-refractivity contribution is 7.11. The normalized spacial score (nSPS) is 11.5. The first-order valence-electron chi connectivity index (χ1n) is 5.20. The number of carboxylic acids is 1. The Morgan fingerprint density at radius 2 is 2.06 bits per heavy atom. The van der Waals surface area contributed by atoms with E-state index in [0.717, 1.165) is 11.6 Å². The number of aryl methyl sites for hydroxylation is 1. The summed E-state index contributed by atoms with van der Waals surface area (Å²) in [5.74, 6) is -1.22. The average molecular weight is 254 g/mol. The van der Waals surface area contributed by atoms with Gasteiger partial charge in [-0.05, 0) is 30.4 Å². The van der Waals surface area contributed by atoms with Crippen LogP contribution in [0.1, 0.15) is 29.7 Å². The van der Waals surface area contributed by atoms with Crippen molar-refractivity contribution in [3.63, 3.8) is 0 Å². The second kappa shape index (κ2) is 6.20. The summed E-state index contributed by atoms with van der Waals surface area (Å²) < 4.78 is 0. The lowest BCUT2D eigenvalue weighted by Crippen LogP contribution is -1.99. The van der Waals surface area contributed by atoms with E-state index >= 15 is 0 Å². The van der Waals surface area contributed by atoms with Crippen molar-refractivity contribution in [1.29, 1.82) is 0 Å². The number of aliphatic hydroxyl groups excluding tert-OH is 1. The maximum Gasteiger partial charge on any atom is 0.303 e. The van der Waals surface area contributed by atoms with Crippen molar-refractivity contribution in [3.05, 3.63) is 28.0 Å². The van der Waals surface area contributed by atoms with Gasteiger partial charge < -0.3 is 10.2 Å². The van der Waals surface area contributed by atoms with E-state index in [1.54, 1.807) is 6.07 Å². The monoisotopic (exact) mass is 254 g/mol. The summed E-state index contributed by atoms with van der Waals surface area (Å²) >= 11 is 1.36. The molecule has 0 amide bonds. The van der Waals surface area contributed by atoms with Gasteiger partial charge in [-0.25, -0.2) is 0 Å². The molecule has 0 fully saturated rings. The number of carbonyl (C=O) groups excluding carboxylic acids is 1. The van der Waals surface area contributed by atoms with Crippen LogP contribution in [-0.2, 0) is 9.59 Å². The molecule has 0 unspecified atom stereocenters. The minimum atomic E-state index is -0.917. The van der Waals surface area contributed by atoms with Gasteiger partial charge in [0, 0.05) is 18.9 Å². The van der Waals surface area contributed by atoms with Crippen molar-refractivity contribution in [2.75, 3.05) is 0 Å². The van der Waals surface area contributed by atoms with Gasteiger partial charge in [0.15, 0.2) is 5.78 Å². The van der Waals surface area contributed by atoms with E-state index in [1.807, 2.05) is 12.3 Å². The van der Waals surface area contributed by atoms with Crippen molar-refractivity contribution in [1.82, 2.24) is 0 Å². The fourth-order valence-corrected chi connectivity index (χ4v) is 2.09. The van der Waals surface area contributed by atoms with Crippen LogP contribution < -0.4 is 0 Å². The number of carbonyl (C=O) groups is 2. The van der Waals surface area contributed by atoms with Gasteiger partial charge in [-0.2, -0.15) is 0 Å². The lowest BCUT2D eigenvalue weighted by molar-refractivity contribution is -0.137. The number of rotatable bonds is 6. The molecule has 0 aliphatic heterocycles. The summed E-state index contributed by atoms with van der Waals surface area (Å²) in [6, 6.07) is 1.79. The summed E-state index contributed by atoms with van der Waals surface area (Å²) in [5.41, 5.74) is 1.03. The first kappa shape index (κ1) is 13.4. The van der Waals surface area contributed by atoms with Gasteiger partial charge in [-0.15, -0.1) is 11.3 Å². The SMILES string of the molecule is Cc1csc(C(O)=CC(=O)CCCC(=O)O)c1. The predicted molar refractivity (Wildman–Crippen MR) is 66.2 cm³/mol. The fourth-order valence-electron chi connectivity index (χ4n) is 1.28. The topological polar surface area (TPSA) is 74.6 Å². The minimum absolute atomic E-state index is 0.0293. The largest absolute Gasteiger partial charge is 0.506 e. The number of thiophene rings is 1. The molecule has 0 aliphatic rings. The summed E-state index contributed by atoms with van der Waals surface area (Å²) in [7, 11) is 0. The zero-order valence-corrected chi connectivity index (χ0v) is 10.3. The summed E-state index contributed by atoms with van der Waals surface area (Å²) in [4.78, 5) is 22.3. The Kier molecular flexibility index (Phi) is 4.90. The molecule has 0 atom stereocenters. The fraction of sp³-hybridized carbons (Fsp3) is 0.333. The molecule has 0 saturated carbocycles. The van der Waals surface area contributed by atoms with Crippen LogP contribution in [0, 0.1) is 6.92 Å². The predicted octanol–water partition coefficient (Wildman–Crippen LogP) is 2.78. The number of allylic oxidation sites excluding steroid dienone is 1. The van der Waals surface area contributed by atoms with Crippen LogP contribution in [0.15, 0.2) is 17.5 Å². The van der Waals surface area contributed by atoms with E-state index < -0.39 is 5.97 Å². The van der Waals surface area contributed by atoms with Gasteiger partial charge in [-0.1, -0.05) is 0 Å². The Morgan fingerprint density at radius 1 is 1.35 bits per heavy atom. The molecule has 1 aromatic heterocycles. The van der Waals surface area contributed by atoms with Crippen molar-refractivity contribution in [3.8, 4) is 0 Å². The summed E-state index contributed by atoms with van der Waals surface area (Å²) in [5, 5.41) is 19.9. The third kappa shape index (κ3) is 4.82. The van der Waals surface area contributed by atoms with Gasteiger partial charge in [-0.3, -0.25) is 9.59 Å². The van der Waals surface area contributed by atoms with Gasteiger partial charge in [0.1, 0.15) is 5.76 Å². The molecule has 0 spiro atoms. The van der Waals surface area contributed by atoms with Crippen LogP contribution in [0.4, 0.5) is 0 Å². The van der Waals surface area contributed by atoms with E-state index in [4.69, 9.17) is 5.11 Å². The molecule has 17 heavy (non-hydrogen) atoms. The van der Waals surface area contributed by atoms with Crippen molar-refractivity contribution in [2.24, 2.45) is 0 Å². The second-order valence-electron chi connectivity index (χ2n) is 3.73. The Labute approximate surface area is 103 Å². The molecule has 1 aromatic rings. The molecule has 0 aromatic carbocycles. The number of carboxylic acid groups (broad SMARTS) is 1. The quantitative estimate of drug-likeness (QED) is 0.604. The third-order valence-corrected chi connectivity index (χ3v) is 3.17. The molecular formula is C12H14O4S. The molecule has 2 N–H and O–H groups in total. The van der Waals surface area contributed by atoms with Crippen LogP contribution in [0.25, 0.3) is 5.76 Å². The van der Waals surface area contributed by atoms with E-state index in [9.17, 15) is 14.7 Å². The van der Waals surface area contributed by atoms with Gasteiger partial charge in [0.25, 0.3) is 0 Å². The van der Waals surface area contributed by atoms with Gasteiger partial charge >= 0.3 is 5.97 Å². The smallest absolute Gasteiger partial charge is 0.303 e. The van der Waals surface area contributed by atoms with E-state index in [-0.39, 0.29) is 24.4 Å². The molecule has 0 bridgehead atoms. The lowest BCUT2D eigenvalue weighted by Gasteiger charge is -1.96. The number of aliphatic carboxylic acids is 1. The van der Waals surface area contributed by atoms with Crippen LogP contribution in [0.5, 0.6) is 0 Å². The maximum atomic E-state index is 11.4. The third-order valence-electron chi connectivity index (χ3n) is 2.09. The Balaban J connectivity index is 2.51. The molecule has 92 valence electrons. The molecule has 0 aliphatic carbocycles. The van der Waals surface area contributed by atoms with E-state index in [0.29, 0.717) is 11.3 Å². The average Bonchev–Trinajstić information content (AvgIpc) is 2.64. The van der Waals surface area contributed by atoms with Crippen LogP contribution in [-0.4, -0.2) is 22.0 Å². The Hall–Kier alpha value is -1.62. The zero-order valence-electron chi connectivity index (χ0n) is 9.47. The number of hydrogen-bond donors (Lipinski definition) is 2. The maximum absolute atomic E-state index is 11.4. The Morgan fingerprint density at radius 3 is 2.59 bits per heavy atom. The van der Waals surface area contributed by atoms with Crippen LogP contribution in [0.2, 0.25) is 0 Å².